The molecule has 0 saturated carbocycles. The molecule has 25 heavy (non-hydrogen) atoms. The normalized spacial score (nSPS) is 19.2. The van der Waals surface area contributed by atoms with E-state index in [1.54, 1.807) is 6.07 Å². The quantitative estimate of drug-likeness (QED) is 0.871. The second-order valence-corrected chi connectivity index (χ2v) is 6.50. The first-order valence-corrected chi connectivity index (χ1v) is 8.12. The lowest BCUT2D eigenvalue weighted by atomic mass is 10.1. The lowest BCUT2D eigenvalue weighted by molar-refractivity contribution is -0.157. The van der Waals surface area contributed by atoms with Gasteiger partial charge in [0.15, 0.2) is 0 Å². The molecule has 8 heteroatoms. The number of halogens is 3. The van der Waals surface area contributed by atoms with Crippen molar-refractivity contribution >= 4 is 23.2 Å². The topological polar surface area (TPSA) is 61.4 Å². The van der Waals surface area contributed by atoms with E-state index in [0.717, 1.165) is 0 Å². The van der Waals surface area contributed by atoms with E-state index in [1.165, 1.54) is 18.2 Å². The van der Waals surface area contributed by atoms with Crippen LogP contribution in [0.3, 0.4) is 0 Å². The first-order valence-electron chi connectivity index (χ1n) is 8.12. The Morgan fingerprint density at radius 2 is 1.96 bits per heavy atom. The zero-order chi connectivity index (χ0) is 18.8. The minimum Gasteiger partial charge on any atom is -0.324 e. The van der Waals surface area contributed by atoms with Crippen molar-refractivity contribution in [3.63, 3.8) is 0 Å². The maximum atomic E-state index is 13.5. The summed E-state index contributed by atoms with van der Waals surface area (Å²) in [7, 11) is 0. The van der Waals surface area contributed by atoms with E-state index in [2.05, 4.69) is 10.6 Å². The van der Waals surface area contributed by atoms with E-state index in [4.69, 9.17) is 0 Å². The molecule has 0 unspecified atom stereocenters. The van der Waals surface area contributed by atoms with Crippen molar-refractivity contribution in [2.75, 3.05) is 16.8 Å². The molecule has 1 heterocycles. The van der Waals surface area contributed by atoms with Crippen LogP contribution in [0.4, 0.5) is 24.5 Å². The maximum Gasteiger partial charge on any atom is 0.409 e. The Bertz CT molecular complexity index is 646. The molecule has 0 aliphatic carbocycles. The molecule has 1 aromatic carbocycles. The molecule has 0 fully saturated rings. The molecule has 0 aromatic heterocycles. The number of para-hydroxylation sites is 2. The Morgan fingerprint density at radius 1 is 1.32 bits per heavy atom. The van der Waals surface area contributed by atoms with E-state index < -0.39 is 30.5 Å². The van der Waals surface area contributed by atoms with Gasteiger partial charge in [0.1, 0.15) is 6.04 Å². The average molecular weight is 357 g/mol. The van der Waals surface area contributed by atoms with Crippen molar-refractivity contribution in [3.05, 3.63) is 24.3 Å². The zero-order valence-electron chi connectivity index (χ0n) is 14.4. The van der Waals surface area contributed by atoms with Gasteiger partial charge in [-0.25, -0.2) is 0 Å². The van der Waals surface area contributed by atoms with Gasteiger partial charge in [-0.15, -0.1) is 0 Å². The van der Waals surface area contributed by atoms with Crippen LogP contribution in [0.25, 0.3) is 0 Å². The number of benzene rings is 1. The molecule has 0 radical (unpaired) electrons. The molecular weight excluding hydrogens is 335 g/mol. The van der Waals surface area contributed by atoms with Gasteiger partial charge in [0, 0.05) is 6.04 Å². The third-order valence-corrected chi connectivity index (χ3v) is 4.35. The largest absolute Gasteiger partial charge is 0.409 e. The van der Waals surface area contributed by atoms with Gasteiger partial charge in [0.05, 0.1) is 24.3 Å². The molecule has 2 amide bonds. The monoisotopic (exact) mass is 357 g/mol. The average Bonchev–Trinajstić information content (AvgIpc) is 2.67. The zero-order valence-corrected chi connectivity index (χ0v) is 14.4. The number of carbonyl (C=O) groups excluding carboxylic acids is 2. The highest BCUT2D eigenvalue weighted by atomic mass is 19.4. The van der Waals surface area contributed by atoms with Gasteiger partial charge in [0.2, 0.25) is 11.8 Å². The molecule has 0 bridgehead atoms. The number of rotatable bonds is 4. The lowest BCUT2D eigenvalue weighted by Gasteiger charge is -2.32. The van der Waals surface area contributed by atoms with E-state index in [0.29, 0.717) is 4.90 Å². The molecule has 0 spiro atoms. The first kappa shape index (κ1) is 19.2. The molecule has 2 N–H and O–H groups in total. The molecule has 138 valence electrons. The minimum absolute atomic E-state index is 0.0322. The van der Waals surface area contributed by atoms with Crippen LogP contribution in [0, 0.1) is 5.92 Å². The van der Waals surface area contributed by atoms with Crippen LogP contribution in [-0.2, 0) is 9.59 Å². The van der Waals surface area contributed by atoms with Crippen LogP contribution >= 0.6 is 0 Å². The number of anilines is 2. The highest BCUT2D eigenvalue weighted by molar-refractivity contribution is 6.05. The molecule has 1 aliphatic heterocycles. The standard InChI is InChI=1S/C17H22F3N3O2/c1-10(2)11(3)21-9-16(25)23-13-7-5-4-6-12(13)22-15(24)8-14(23)17(18,19)20/h4-7,10-11,14,21H,8-9H2,1-3H3,(H,22,24)/t11-,14+/m1/s1. The molecule has 1 aromatic rings. The summed E-state index contributed by atoms with van der Waals surface area (Å²) in [5.74, 6) is -1.27. The van der Waals surface area contributed by atoms with Crippen LogP contribution in [-0.4, -0.2) is 36.6 Å². The Morgan fingerprint density at radius 3 is 2.56 bits per heavy atom. The number of carbonyl (C=O) groups is 2. The Labute approximate surface area is 144 Å². The fraction of sp³-hybridized carbons (Fsp3) is 0.529. The third kappa shape index (κ3) is 4.50. The fourth-order valence-corrected chi connectivity index (χ4v) is 2.56. The number of fused-ring (bicyclic) bond motifs is 1. The SMILES string of the molecule is CC(C)[C@@H](C)NCC(=O)N1c2ccccc2NC(=O)C[C@H]1C(F)(F)F. The molecule has 2 atom stereocenters. The van der Waals surface area contributed by atoms with Crippen molar-refractivity contribution in [2.45, 2.75) is 45.5 Å². The number of hydrogen-bond donors (Lipinski definition) is 2. The molecule has 0 saturated heterocycles. The van der Waals surface area contributed by atoms with Crippen LogP contribution in [0.15, 0.2) is 24.3 Å². The number of nitrogens with one attached hydrogen (secondary N) is 2. The van der Waals surface area contributed by atoms with Crippen molar-refractivity contribution in [1.29, 1.82) is 0 Å². The number of amides is 2. The van der Waals surface area contributed by atoms with E-state index >= 15 is 0 Å². The summed E-state index contributed by atoms with van der Waals surface area (Å²) in [6.45, 7) is 5.52. The molecular formula is C17H22F3N3O2. The predicted molar refractivity (Wildman–Crippen MR) is 89.3 cm³/mol. The summed E-state index contributed by atoms with van der Waals surface area (Å²) in [5.41, 5.74) is 0.254. The van der Waals surface area contributed by atoms with E-state index in [9.17, 15) is 22.8 Å². The van der Waals surface area contributed by atoms with Gasteiger partial charge in [-0.05, 0) is 25.0 Å². The van der Waals surface area contributed by atoms with Gasteiger partial charge < -0.3 is 10.6 Å². The number of alkyl halides is 3. The summed E-state index contributed by atoms with van der Waals surface area (Å²) >= 11 is 0. The summed E-state index contributed by atoms with van der Waals surface area (Å²) in [6.07, 6.45) is -5.54. The van der Waals surface area contributed by atoms with Gasteiger partial charge in [-0.1, -0.05) is 26.0 Å². The minimum atomic E-state index is -4.71. The van der Waals surface area contributed by atoms with Crippen LogP contribution in [0.1, 0.15) is 27.2 Å². The summed E-state index contributed by atoms with van der Waals surface area (Å²) in [4.78, 5) is 25.2. The summed E-state index contributed by atoms with van der Waals surface area (Å²) in [5, 5.41) is 5.39. The Kier molecular flexibility index (Phi) is 5.72. The third-order valence-electron chi connectivity index (χ3n) is 4.35. The fourth-order valence-electron chi connectivity index (χ4n) is 2.56. The Hall–Kier alpha value is -2.09. The summed E-state index contributed by atoms with van der Waals surface area (Å²) in [6, 6.07) is 3.79. The number of hydrogen-bond acceptors (Lipinski definition) is 3. The number of nitrogens with zero attached hydrogens (tertiary/aromatic N) is 1. The highest BCUT2D eigenvalue weighted by Crippen LogP contribution is 2.37. The second-order valence-electron chi connectivity index (χ2n) is 6.50. The second kappa shape index (κ2) is 7.43. The van der Waals surface area contributed by atoms with Crippen LogP contribution < -0.4 is 15.5 Å². The van der Waals surface area contributed by atoms with Crippen molar-refractivity contribution in [3.8, 4) is 0 Å². The smallest absolute Gasteiger partial charge is 0.324 e. The van der Waals surface area contributed by atoms with Crippen molar-refractivity contribution in [2.24, 2.45) is 5.92 Å². The van der Waals surface area contributed by atoms with Gasteiger partial charge >= 0.3 is 6.18 Å². The van der Waals surface area contributed by atoms with Crippen LogP contribution in [0.5, 0.6) is 0 Å². The first-order chi connectivity index (χ1) is 11.6. The molecule has 1 aliphatic rings. The maximum absolute atomic E-state index is 13.5. The van der Waals surface area contributed by atoms with Gasteiger partial charge in [-0.2, -0.15) is 13.2 Å². The Balaban J connectivity index is 2.37. The highest BCUT2D eigenvalue weighted by Gasteiger charge is 2.48. The summed E-state index contributed by atoms with van der Waals surface area (Å²) < 4.78 is 40.6. The predicted octanol–water partition coefficient (Wildman–Crippen LogP) is 2.93. The van der Waals surface area contributed by atoms with E-state index in [1.807, 2.05) is 20.8 Å². The lowest BCUT2D eigenvalue weighted by Crippen LogP contribution is -2.52. The van der Waals surface area contributed by atoms with Crippen molar-refractivity contribution < 1.29 is 22.8 Å². The van der Waals surface area contributed by atoms with Crippen molar-refractivity contribution in [1.82, 2.24) is 5.32 Å². The molecule has 5 nitrogen and oxygen atoms in total. The van der Waals surface area contributed by atoms with Gasteiger partial charge in [-0.3, -0.25) is 14.5 Å². The van der Waals surface area contributed by atoms with Crippen LogP contribution in [0.2, 0.25) is 0 Å². The van der Waals surface area contributed by atoms with Gasteiger partial charge in [0.25, 0.3) is 0 Å². The van der Waals surface area contributed by atoms with E-state index in [-0.39, 0.29) is 29.9 Å². The molecule has 2 rings (SSSR count).